The Bertz CT molecular complexity index is 705. The van der Waals surface area contributed by atoms with E-state index in [9.17, 15) is 0 Å². The molecule has 3 aromatic rings. The molecule has 19 heavy (non-hydrogen) atoms. The fourth-order valence-corrected chi connectivity index (χ4v) is 3.08. The molecule has 1 atom stereocenters. The van der Waals surface area contributed by atoms with Gasteiger partial charge >= 0.3 is 0 Å². The zero-order valence-corrected chi connectivity index (χ0v) is 12.2. The Morgan fingerprint density at radius 3 is 2.89 bits per heavy atom. The SMILES string of the molecule is Cc1ccnc2c1nc(CCl)n2C(C)c1nccs1. The second-order valence-electron chi connectivity index (χ2n) is 4.38. The molecule has 98 valence electrons. The van der Waals surface area contributed by atoms with Crippen LogP contribution < -0.4 is 0 Å². The normalized spacial score (nSPS) is 13.0. The van der Waals surface area contributed by atoms with E-state index in [4.69, 9.17) is 11.6 Å². The van der Waals surface area contributed by atoms with Gasteiger partial charge in [0.25, 0.3) is 0 Å². The average Bonchev–Trinajstić information content (AvgIpc) is 3.05. The van der Waals surface area contributed by atoms with Crippen molar-refractivity contribution < 1.29 is 0 Å². The largest absolute Gasteiger partial charge is 0.302 e. The van der Waals surface area contributed by atoms with E-state index in [1.54, 1.807) is 11.3 Å². The Morgan fingerprint density at radius 1 is 1.37 bits per heavy atom. The summed E-state index contributed by atoms with van der Waals surface area (Å²) in [5.41, 5.74) is 2.90. The lowest BCUT2D eigenvalue weighted by atomic mass is 10.2. The first-order valence-electron chi connectivity index (χ1n) is 6.00. The molecule has 3 aromatic heterocycles. The molecule has 0 radical (unpaired) electrons. The molecule has 0 aliphatic rings. The maximum Gasteiger partial charge on any atom is 0.160 e. The maximum absolute atomic E-state index is 6.03. The standard InChI is InChI=1S/C13H13ClN4S/c1-8-3-4-15-12-11(8)17-10(7-14)18(12)9(2)13-16-5-6-19-13/h3-6,9H,7H2,1-2H3. The van der Waals surface area contributed by atoms with Crippen LogP contribution in [0.25, 0.3) is 11.2 Å². The van der Waals surface area contributed by atoms with Gasteiger partial charge in [-0.3, -0.25) is 0 Å². The van der Waals surface area contributed by atoms with E-state index < -0.39 is 0 Å². The van der Waals surface area contributed by atoms with Crippen molar-refractivity contribution in [1.82, 2.24) is 19.5 Å². The van der Waals surface area contributed by atoms with Crippen molar-refractivity contribution in [1.29, 1.82) is 0 Å². The quantitative estimate of drug-likeness (QED) is 0.694. The summed E-state index contributed by atoms with van der Waals surface area (Å²) in [4.78, 5) is 13.4. The topological polar surface area (TPSA) is 43.6 Å². The molecule has 0 aromatic carbocycles. The third kappa shape index (κ3) is 2.03. The van der Waals surface area contributed by atoms with Crippen molar-refractivity contribution in [2.24, 2.45) is 0 Å². The predicted octanol–water partition coefficient (Wildman–Crippen LogP) is 3.54. The first kappa shape index (κ1) is 12.6. The minimum atomic E-state index is 0.0908. The Kier molecular flexibility index (Phi) is 3.24. The number of fused-ring (bicyclic) bond motifs is 1. The first-order valence-corrected chi connectivity index (χ1v) is 7.41. The maximum atomic E-state index is 6.03. The Balaban J connectivity index is 2.24. The smallest absolute Gasteiger partial charge is 0.160 e. The van der Waals surface area contributed by atoms with Crippen molar-refractivity contribution in [3.05, 3.63) is 40.2 Å². The highest BCUT2D eigenvalue weighted by molar-refractivity contribution is 7.09. The van der Waals surface area contributed by atoms with Crippen molar-refractivity contribution in [2.45, 2.75) is 25.8 Å². The summed E-state index contributed by atoms with van der Waals surface area (Å²) in [5, 5.41) is 3.01. The van der Waals surface area contributed by atoms with E-state index in [1.807, 2.05) is 30.8 Å². The lowest BCUT2D eigenvalue weighted by Crippen LogP contribution is -2.10. The highest BCUT2D eigenvalue weighted by atomic mass is 35.5. The molecule has 6 heteroatoms. The third-order valence-electron chi connectivity index (χ3n) is 3.17. The minimum Gasteiger partial charge on any atom is -0.302 e. The van der Waals surface area contributed by atoms with Gasteiger partial charge in [-0.1, -0.05) is 0 Å². The van der Waals surface area contributed by atoms with Crippen LogP contribution in [0.1, 0.15) is 29.4 Å². The molecule has 0 fully saturated rings. The minimum absolute atomic E-state index is 0.0908. The number of thiazole rings is 1. The zero-order valence-electron chi connectivity index (χ0n) is 10.7. The summed E-state index contributed by atoms with van der Waals surface area (Å²) >= 11 is 7.66. The molecule has 0 amide bonds. The molecular weight excluding hydrogens is 280 g/mol. The van der Waals surface area contributed by atoms with Crippen LogP contribution in [0.3, 0.4) is 0 Å². The van der Waals surface area contributed by atoms with E-state index in [1.165, 1.54) is 0 Å². The third-order valence-corrected chi connectivity index (χ3v) is 4.35. The highest BCUT2D eigenvalue weighted by Crippen LogP contribution is 2.27. The highest BCUT2D eigenvalue weighted by Gasteiger charge is 2.19. The van der Waals surface area contributed by atoms with Gasteiger partial charge < -0.3 is 4.57 Å². The summed E-state index contributed by atoms with van der Waals surface area (Å²) in [5.74, 6) is 1.20. The van der Waals surface area contributed by atoms with Crippen LogP contribution in [0, 0.1) is 6.92 Å². The average molecular weight is 293 g/mol. The summed E-state index contributed by atoms with van der Waals surface area (Å²) in [7, 11) is 0. The van der Waals surface area contributed by atoms with Crippen LogP contribution in [0.5, 0.6) is 0 Å². The number of aryl methyl sites for hydroxylation is 1. The zero-order chi connectivity index (χ0) is 13.4. The van der Waals surface area contributed by atoms with E-state index in [0.717, 1.165) is 27.6 Å². The van der Waals surface area contributed by atoms with Crippen molar-refractivity contribution in [2.75, 3.05) is 0 Å². The molecular formula is C13H13ClN4S. The van der Waals surface area contributed by atoms with E-state index in [2.05, 4.69) is 26.4 Å². The number of pyridine rings is 1. The molecule has 0 saturated heterocycles. The lowest BCUT2D eigenvalue weighted by molar-refractivity contribution is 0.625. The molecule has 0 aliphatic carbocycles. The number of hydrogen-bond acceptors (Lipinski definition) is 4. The van der Waals surface area contributed by atoms with Gasteiger partial charge in [0.1, 0.15) is 16.3 Å². The molecule has 1 unspecified atom stereocenters. The number of halogens is 1. The van der Waals surface area contributed by atoms with Crippen LogP contribution in [-0.4, -0.2) is 19.5 Å². The Hall–Kier alpha value is -1.46. The van der Waals surface area contributed by atoms with Crippen LogP contribution in [0.4, 0.5) is 0 Å². The number of nitrogens with zero attached hydrogens (tertiary/aromatic N) is 4. The van der Waals surface area contributed by atoms with Gasteiger partial charge in [0, 0.05) is 17.8 Å². The van der Waals surface area contributed by atoms with Crippen LogP contribution in [-0.2, 0) is 5.88 Å². The summed E-state index contributed by atoms with van der Waals surface area (Å²) < 4.78 is 2.08. The predicted molar refractivity (Wildman–Crippen MR) is 77.7 cm³/mol. The summed E-state index contributed by atoms with van der Waals surface area (Å²) in [6, 6.07) is 2.05. The molecule has 0 bridgehead atoms. The second kappa shape index (κ2) is 4.90. The number of alkyl halides is 1. The van der Waals surface area contributed by atoms with Gasteiger partial charge in [-0.15, -0.1) is 22.9 Å². The van der Waals surface area contributed by atoms with Crippen LogP contribution in [0.15, 0.2) is 23.8 Å². The number of imidazole rings is 1. The van der Waals surface area contributed by atoms with Gasteiger partial charge in [0.2, 0.25) is 0 Å². The molecule has 0 N–H and O–H groups in total. The van der Waals surface area contributed by atoms with Crippen LogP contribution >= 0.6 is 22.9 Å². The number of rotatable bonds is 3. The van der Waals surface area contributed by atoms with Gasteiger partial charge in [0.05, 0.1) is 11.9 Å². The van der Waals surface area contributed by atoms with E-state index in [0.29, 0.717) is 5.88 Å². The number of aromatic nitrogens is 4. The fraction of sp³-hybridized carbons (Fsp3) is 0.308. The molecule has 0 aliphatic heterocycles. The lowest BCUT2D eigenvalue weighted by Gasteiger charge is -2.13. The summed E-state index contributed by atoms with van der Waals surface area (Å²) in [6.07, 6.45) is 3.62. The second-order valence-corrected chi connectivity index (χ2v) is 5.57. The Morgan fingerprint density at radius 2 is 2.21 bits per heavy atom. The van der Waals surface area contributed by atoms with E-state index in [-0.39, 0.29) is 6.04 Å². The monoisotopic (exact) mass is 292 g/mol. The first-order chi connectivity index (χ1) is 9.22. The summed E-state index contributed by atoms with van der Waals surface area (Å²) in [6.45, 7) is 4.13. The molecule has 0 saturated carbocycles. The van der Waals surface area contributed by atoms with Gasteiger partial charge in [-0.05, 0) is 25.5 Å². The van der Waals surface area contributed by atoms with Gasteiger partial charge in [-0.25, -0.2) is 15.0 Å². The molecule has 0 spiro atoms. The van der Waals surface area contributed by atoms with E-state index >= 15 is 0 Å². The fourth-order valence-electron chi connectivity index (χ4n) is 2.21. The van der Waals surface area contributed by atoms with Gasteiger partial charge in [-0.2, -0.15) is 0 Å². The molecule has 4 nitrogen and oxygen atoms in total. The van der Waals surface area contributed by atoms with Crippen molar-refractivity contribution in [3.8, 4) is 0 Å². The van der Waals surface area contributed by atoms with Crippen LogP contribution in [0.2, 0.25) is 0 Å². The van der Waals surface area contributed by atoms with Crippen molar-refractivity contribution in [3.63, 3.8) is 0 Å². The van der Waals surface area contributed by atoms with Crippen molar-refractivity contribution >= 4 is 34.1 Å². The Labute approximate surface area is 120 Å². The molecule has 3 heterocycles. The van der Waals surface area contributed by atoms with Gasteiger partial charge in [0.15, 0.2) is 5.65 Å². The number of hydrogen-bond donors (Lipinski definition) is 0. The molecule has 3 rings (SSSR count).